The molecule has 0 amide bonds. The summed E-state index contributed by atoms with van der Waals surface area (Å²) >= 11 is 0. The Morgan fingerprint density at radius 1 is 0.967 bits per heavy atom. The van der Waals surface area contributed by atoms with Crippen molar-refractivity contribution in [3.8, 4) is 5.75 Å². The van der Waals surface area contributed by atoms with Crippen LogP contribution in [0, 0.1) is 13.8 Å². The van der Waals surface area contributed by atoms with E-state index in [1.165, 1.54) is 12.1 Å². The van der Waals surface area contributed by atoms with Gasteiger partial charge in [0.25, 0.3) is 10.0 Å². The van der Waals surface area contributed by atoms with Gasteiger partial charge in [0.2, 0.25) is 11.9 Å². The van der Waals surface area contributed by atoms with Gasteiger partial charge in [0, 0.05) is 17.1 Å². The molecule has 0 radical (unpaired) electrons. The first-order valence-electron chi connectivity index (χ1n) is 9.35. The van der Waals surface area contributed by atoms with Crippen LogP contribution < -0.4 is 15.4 Å². The van der Waals surface area contributed by atoms with Crippen molar-refractivity contribution in [3.63, 3.8) is 0 Å². The molecule has 0 fully saturated rings. The maximum absolute atomic E-state index is 12.8. The lowest BCUT2D eigenvalue weighted by Gasteiger charge is -2.13. The SMILES string of the molecule is CCOc1ccc(N/C(=N\S(=O)(=O)c2ccccc2)Nc2nc(C)cc(C)n2)cc1. The molecule has 0 saturated carbocycles. The second kappa shape index (κ2) is 9.36. The zero-order valence-corrected chi connectivity index (χ0v) is 17.8. The van der Waals surface area contributed by atoms with Crippen molar-refractivity contribution in [3.05, 3.63) is 72.1 Å². The van der Waals surface area contributed by atoms with Crippen LogP contribution in [-0.2, 0) is 10.0 Å². The number of rotatable bonds is 6. The molecule has 0 bridgehead atoms. The first-order chi connectivity index (χ1) is 14.4. The normalized spacial score (nSPS) is 11.8. The molecule has 0 atom stereocenters. The van der Waals surface area contributed by atoms with Gasteiger partial charge in [-0.1, -0.05) is 18.2 Å². The molecule has 156 valence electrons. The van der Waals surface area contributed by atoms with Crippen LogP contribution in [-0.4, -0.2) is 31.0 Å². The van der Waals surface area contributed by atoms with Crippen LogP contribution in [0.5, 0.6) is 5.75 Å². The number of aryl methyl sites for hydroxylation is 2. The summed E-state index contributed by atoms with van der Waals surface area (Å²) in [7, 11) is -3.95. The fraction of sp³-hybridized carbons (Fsp3) is 0.190. The zero-order chi connectivity index (χ0) is 21.6. The molecule has 0 unspecified atom stereocenters. The fourth-order valence-electron chi connectivity index (χ4n) is 2.67. The maximum Gasteiger partial charge on any atom is 0.285 e. The first kappa shape index (κ1) is 21.3. The van der Waals surface area contributed by atoms with E-state index in [9.17, 15) is 8.42 Å². The molecule has 8 nitrogen and oxygen atoms in total. The summed E-state index contributed by atoms with van der Waals surface area (Å²) in [6.07, 6.45) is 0. The predicted molar refractivity (Wildman–Crippen MR) is 117 cm³/mol. The number of hydrogen-bond donors (Lipinski definition) is 2. The van der Waals surface area contributed by atoms with Crippen LogP contribution in [0.1, 0.15) is 18.3 Å². The van der Waals surface area contributed by atoms with Gasteiger partial charge in [-0.05, 0) is 63.2 Å². The number of nitrogens with one attached hydrogen (secondary N) is 2. The summed E-state index contributed by atoms with van der Waals surface area (Å²) in [5.41, 5.74) is 2.12. The van der Waals surface area contributed by atoms with Crippen LogP contribution >= 0.6 is 0 Å². The lowest BCUT2D eigenvalue weighted by molar-refractivity contribution is 0.340. The topological polar surface area (TPSA) is 106 Å². The van der Waals surface area contributed by atoms with Gasteiger partial charge < -0.3 is 10.1 Å². The lowest BCUT2D eigenvalue weighted by Crippen LogP contribution is -2.25. The Kier molecular flexibility index (Phi) is 6.63. The van der Waals surface area contributed by atoms with Gasteiger partial charge in [-0.25, -0.2) is 9.97 Å². The molecule has 0 aliphatic rings. The van der Waals surface area contributed by atoms with E-state index in [-0.39, 0.29) is 16.8 Å². The molecule has 9 heteroatoms. The number of sulfonamides is 1. The molecule has 3 rings (SSSR count). The van der Waals surface area contributed by atoms with E-state index in [1.54, 1.807) is 42.5 Å². The number of benzene rings is 2. The molecule has 1 heterocycles. The van der Waals surface area contributed by atoms with Crippen molar-refractivity contribution in [2.45, 2.75) is 25.7 Å². The smallest absolute Gasteiger partial charge is 0.285 e. The molecule has 30 heavy (non-hydrogen) atoms. The van der Waals surface area contributed by atoms with E-state index in [2.05, 4.69) is 25.0 Å². The minimum atomic E-state index is -3.95. The van der Waals surface area contributed by atoms with Crippen molar-refractivity contribution in [1.82, 2.24) is 9.97 Å². The highest BCUT2D eigenvalue weighted by Gasteiger charge is 2.15. The van der Waals surface area contributed by atoms with Gasteiger partial charge >= 0.3 is 0 Å². The van der Waals surface area contributed by atoms with Crippen molar-refractivity contribution < 1.29 is 13.2 Å². The third-order valence-electron chi connectivity index (χ3n) is 3.89. The first-order valence-corrected chi connectivity index (χ1v) is 10.8. The summed E-state index contributed by atoms with van der Waals surface area (Å²) in [6, 6.07) is 16.9. The highest BCUT2D eigenvalue weighted by atomic mass is 32.2. The Balaban J connectivity index is 1.95. The number of aromatic nitrogens is 2. The highest BCUT2D eigenvalue weighted by Crippen LogP contribution is 2.17. The maximum atomic E-state index is 12.8. The third kappa shape index (κ3) is 5.77. The molecule has 0 saturated heterocycles. The zero-order valence-electron chi connectivity index (χ0n) is 17.0. The van der Waals surface area contributed by atoms with Crippen molar-refractivity contribution in [2.75, 3.05) is 17.2 Å². The summed E-state index contributed by atoms with van der Waals surface area (Å²) < 4.78 is 34.9. The monoisotopic (exact) mass is 425 g/mol. The Labute approximate surface area is 176 Å². The third-order valence-corrected chi connectivity index (χ3v) is 5.18. The van der Waals surface area contributed by atoms with Crippen LogP contribution in [0.25, 0.3) is 0 Å². The predicted octanol–water partition coefficient (Wildman–Crippen LogP) is 3.76. The molecule has 0 aliphatic carbocycles. The molecule has 0 spiro atoms. The number of hydrogen-bond acceptors (Lipinski definition) is 5. The van der Waals surface area contributed by atoms with Gasteiger partial charge in [-0.3, -0.25) is 5.32 Å². The van der Waals surface area contributed by atoms with E-state index in [0.717, 1.165) is 11.4 Å². The van der Waals surface area contributed by atoms with Gasteiger partial charge in [0.05, 0.1) is 11.5 Å². The minimum absolute atomic E-state index is 0.0204. The Morgan fingerprint density at radius 2 is 1.60 bits per heavy atom. The van der Waals surface area contributed by atoms with Crippen LogP contribution in [0.3, 0.4) is 0 Å². The van der Waals surface area contributed by atoms with Crippen LogP contribution in [0.4, 0.5) is 11.6 Å². The summed E-state index contributed by atoms with van der Waals surface area (Å²) in [5, 5.41) is 5.87. The average molecular weight is 426 g/mol. The summed E-state index contributed by atoms with van der Waals surface area (Å²) in [5.74, 6) is 0.935. The second-order valence-electron chi connectivity index (χ2n) is 6.41. The van der Waals surface area contributed by atoms with E-state index in [0.29, 0.717) is 18.0 Å². The molecule has 3 aromatic rings. The van der Waals surface area contributed by atoms with Gasteiger partial charge in [0.15, 0.2) is 0 Å². The number of ether oxygens (including phenoxy) is 1. The van der Waals surface area contributed by atoms with E-state index < -0.39 is 10.0 Å². The van der Waals surface area contributed by atoms with E-state index >= 15 is 0 Å². The number of guanidine groups is 1. The molecule has 2 aromatic carbocycles. The molecule has 0 aliphatic heterocycles. The lowest BCUT2D eigenvalue weighted by atomic mass is 10.3. The summed E-state index contributed by atoms with van der Waals surface area (Å²) in [6.45, 7) is 6.12. The largest absolute Gasteiger partial charge is 0.494 e. The van der Waals surface area contributed by atoms with Crippen molar-refractivity contribution in [2.24, 2.45) is 4.40 Å². The minimum Gasteiger partial charge on any atom is -0.494 e. The summed E-state index contributed by atoms with van der Waals surface area (Å²) in [4.78, 5) is 8.68. The van der Waals surface area contributed by atoms with Crippen molar-refractivity contribution >= 4 is 27.6 Å². The highest BCUT2D eigenvalue weighted by molar-refractivity contribution is 7.90. The average Bonchev–Trinajstić information content (AvgIpc) is 2.69. The standard InChI is InChI=1S/C21H23N5O3S/c1-4-29-18-12-10-17(11-13-18)24-21(25-20-22-15(2)14-16(3)23-20)26-30(27,28)19-8-6-5-7-9-19/h5-14H,4H2,1-3H3,(H2,22,23,24,25,26). The van der Waals surface area contributed by atoms with Crippen LogP contribution in [0.2, 0.25) is 0 Å². The van der Waals surface area contributed by atoms with Crippen LogP contribution in [0.15, 0.2) is 70.0 Å². The Bertz CT molecular complexity index is 1110. The molecule has 2 N–H and O–H groups in total. The van der Waals surface area contributed by atoms with Crippen molar-refractivity contribution in [1.29, 1.82) is 0 Å². The number of nitrogens with zero attached hydrogens (tertiary/aromatic N) is 3. The fourth-order valence-corrected chi connectivity index (χ4v) is 3.61. The van der Waals surface area contributed by atoms with Gasteiger partial charge in [-0.2, -0.15) is 8.42 Å². The van der Waals surface area contributed by atoms with E-state index in [1.807, 2.05) is 26.8 Å². The molecule has 1 aromatic heterocycles. The van der Waals surface area contributed by atoms with Gasteiger partial charge in [0.1, 0.15) is 5.75 Å². The van der Waals surface area contributed by atoms with Gasteiger partial charge in [-0.15, -0.1) is 4.40 Å². The molecular formula is C21H23N5O3S. The van der Waals surface area contributed by atoms with E-state index in [4.69, 9.17) is 4.74 Å². The Morgan fingerprint density at radius 3 is 2.20 bits per heavy atom. The Hall–Kier alpha value is -3.46. The second-order valence-corrected chi connectivity index (χ2v) is 8.01. The number of anilines is 2. The molecular weight excluding hydrogens is 402 g/mol. The quantitative estimate of drug-likeness (QED) is 0.457.